The lowest BCUT2D eigenvalue weighted by Gasteiger charge is -2.34. The normalized spacial score (nSPS) is 14.9. The number of carbonyl (C=O) groups excluding carboxylic acids is 1. The van der Waals surface area contributed by atoms with Gasteiger partial charge in [-0.05, 0) is 0 Å². The van der Waals surface area contributed by atoms with Crippen LogP contribution in [0, 0.1) is 0 Å². The summed E-state index contributed by atoms with van der Waals surface area (Å²) in [6.45, 7) is 2.66. The van der Waals surface area contributed by atoms with Crippen LogP contribution in [0.2, 0.25) is 0 Å². The summed E-state index contributed by atoms with van der Waals surface area (Å²) in [5.74, 6) is -0.0796. The van der Waals surface area contributed by atoms with Gasteiger partial charge in [0.1, 0.15) is 6.54 Å². The van der Waals surface area contributed by atoms with Crippen molar-refractivity contribution in [3.05, 3.63) is 38.7 Å². The Morgan fingerprint density at radius 2 is 1.85 bits per heavy atom. The second-order valence-electron chi connectivity index (χ2n) is 6.43. The predicted octanol–water partition coefficient (Wildman–Crippen LogP) is -0.761. The molecular weight excluding hydrogens is 370 g/mol. The van der Waals surface area contributed by atoms with E-state index in [1.165, 1.54) is 22.5 Å². The average molecular weight is 389 g/mol. The first-order valence-corrected chi connectivity index (χ1v) is 9.38. The van der Waals surface area contributed by atoms with Gasteiger partial charge in [-0.3, -0.25) is 18.7 Å². The molecule has 0 aromatic carbocycles. The average Bonchev–Trinajstić information content (AvgIpc) is 3.35. The van der Waals surface area contributed by atoms with Gasteiger partial charge in [0.2, 0.25) is 5.91 Å². The van der Waals surface area contributed by atoms with E-state index in [0.717, 1.165) is 22.8 Å². The molecular formula is C16H19N7O3S. The summed E-state index contributed by atoms with van der Waals surface area (Å²) < 4.78 is 3.86. The summed E-state index contributed by atoms with van der Waals surface area (Å²) in [5.41, 5.74) is -0.353. The van der Waals surface area contributed by atoms with Crippen molar-refractivity contribution in [2.24, 2.45) is 14.1 Å². The number of hydrogen-bond donors (Lipinski definition) is 0. The molecule has 1 saturated heterocycles. The van der Waals surface area contributed by atoms with Crippen LogP contribution in [0.5, 0.6) is 0 Å². The predicted molar refractivity (Wildman–Crippen MR) is 101 cm³/mol. The Labute approximate surface area is 157 Å². The van der Waals surface area contributed by atoms with Crippen LogP contribution in [-0.4, -0.2) is 60.7 Å². The fourth-order valence-electron chi connectivity index (χ4n) is 3.28. The smallest absolute Gasteiger partial charge is 0.332 e. The van der Waals surface area contributed by atoms with Crippen molar-refractivity contribution in [1.82, 2.24) is 28.6 Å². The minimum absolute atomic E-state index is 0.0151. The van der Waals surface area contributed by atoms with Crippen molar-refractivity contribution in [3.63, 3.8) is 0 Å². The monoisotopic (exact) mass is 389 g/mol. The second kappa shape index (κ2) is 6.65. The van der Waals surface area contributed by atoms with Gasteiger partial charge in [0, 0.05) is 51.9 Å². The molecule has 4 heterocycles. The first kappa shape index (κ1) is 17.5. The van der Waals surface area contributed by atoms with Crippen LogP contribution in [0.3, 0.4) is 0 Å². The van der Waals surface area contributed by atoms with Gasteiger partial charge in [0.05, 0.1) is 6.33 Å². The van der Waals surface area contributed by atoms with E-state index in [2.05, 4.69) is 14.9 Å². The standard InChI is InChI=1S/C16H19N7O3S/c1-19-13-12(14(25)20(2)16(19)26)23(10-18-13)9-11(24)21-4-6-22(7-5-21)15-17-3-8-27-15/h3,8,10H,4-7,9H2,1-2H3. The van der Waals surface area contributed by atoms with E-state index in [9.17, 15) is 14.4 Å². The molecule has 11 heteroatoms. The van der Waals surface area contributed by atoms with Crippen LogP contribution in [0.15, 0.2) is 27.5 Å². The van der Waals surface area contributed by atoms with Gasteiger partial charge < -0.3 is 14.4 Å². The van der Waals surface area contributed by atoms with Crippen molar-refractivity contribution >= 4 is 33.5 Å². The third-order valence-corrected chi connectivity index (χ3v) is 5.68. The SMILES string of the molecule is Cn1c(=O)c2c(ncn2CC(=O)N2CCN(c3nccs3)CC2)n(C)c1=O. The van der Waals surface area contributed by atoms with Gasteiger partial charge in [-0.25, -0.2) is 14.8 Å². The summed E-state index contributed by atoms with van der Waals surface area (Å²) in [7, 11) is 2.97. The maximum atomic E-state index is 12.7. The van der Waals surface area contributed by atoms with Gasteiger partial charge in [-0.2, -0.15) is 0 Å². The first-order chi connectivity index (χ1) is 13.0. The summed E-state index contributed by atoms with van der Waals surface area (Å²) in [5, 5.41) is 2.90. The maximum Gasteiger partial charge on any atom is 0.332 e. The van der Waals surface area contributed by atoms with Crippen molar-refractivity contribution < 1.29 is 4.79 Å². The van der Waals surface area contributed by atoms with Crippen molar-refractivity contribution in [2.45, 2.75) is 6.54 Å². The largest absolute Gasteiger partial charge is 0.345 e. The quantitative estimate of drug-likeness (QED) is 0.584. The van der Waals surface area contributed by atoms with E-state index >= 15 is 0 Å². The molecule has 27 heavy (non-hydrogen) atoms. The number of anilines is 1. The Morgan fingerprint density at radius 1 is 1.11 bits per heavy atom. The number of amides is 1. The number of rotatable bonds is 3. The zero-order valence-corrected chi connectivity index (χ0v) is 15.8. The molecule has 0 spiro atoms. The Balaban J connectivity index is 1.53. The van der Waals surface area contributed by atoms with Gasteiger partial charge >= 0.3 is 5.69 Å². The number of piperazine rings is 1. The molecule has 0 unspecified atom stereocenters. The highest BCUT2D eigenvalue weighted by Crippen LogP contribution is 2.19. The van der Waals surface area contributed by atoms with Crippen LogP contribution >= 0.6 is 11.3 Å². The number of fused-ring (bicyclic) bond motifs is 1. The molecule has 0 aliphatic carbocycles. The summed E-state index contributed by atoms with van der Waals surface area (Å²) in [6, 6.07) is 0. The molecule has 1 amide bonds. The van der Waals surface area contributed by atoms with Gasteiger partial charge in [-0.1, -0.05) is 0 Å². The molecule has 0 atom stereocenters. The van der Waals surface area contributed by atoms with Crippen LogP contribution in [0.4, 0.5) is 5.13 Å². The minimum atomic E-state index is -0.452. The fraction of sp³-hybridized carbons (Fsp3) is 0.438. The van der Waals surface area contributed by atoms with E-state index in [4.69, 9.17) is 0 Å². The van der Waals surface area contributed by atoms with Crippen molar-refractivity contribution in [3.8, 4) is 0 Å². The van der Waals surface area contributed by atoms with E-state index in [1.54, 1.807) is 29.5 Å². The molecule has 4 rings (SSSR count). The Hall–Kier alpha value is -2.95. The van der Waals surface area contributed by atoms with E-state index in [-0.39, 0.29) is 23.6 Å². The van der Waals surface area contributed by atoms with E-state index in [0.29, 0.717) is 13.1 Å². The highest BCUT2D eigenvalue weighted by molar-refractivity contribution is 7.13. The van der Waals surface area contributed by atoms with Gasteiger partial charge in [0.15, 0.2) is 16.3 Å². The molecule has 3 aromatic heterocycles. The Kier molecular flexibility index (Phi) is 4.30. The zero-order valence-electron chi connectivity index (χ0n) is 15.0. The van der Waals surface area contributed by atoms with Gasteiger partial charge in [-0.15, -0.1) is 11.3 Å². The number of imidazole rings is 1. The molecule has 1 aliphatic heterocycles. The number of hydrogen-bond acceptors (Lipinski definition) is 7. The minimum Gasteiger partial charge on any atom is -0.345 e. The lowest BCUT2D eigenvalue weighted by atomic mass is 10.3. The highest BCUT2D eigenvalue weighted by atomic mass is 32.1. The number of nitrogens with zero attached hydrogens (tertiary/aromatic N) is 7. The molecule has 3 aromatic rings. The van der Waals surface area contributed by atoms with Gasteiger partial charge in [0.25, 0.3) is 5.56 Å². The number of aryl methyl sites for hydroxylation is 1. The summed E-state index contributed by atoms with van der Waals surface area (Å²) in [4.78, 5) is 49.6. The summed E-state index contributed by atoms with van der Waals surface area (Å²) >= 11 is 1.58. The van der Waals surface area contributed by atoms with Crippen LogP contribution in [0.1, 0.15) is 0 Å². The lowest BCUT2D eigenvalue weighted by molar-refractivity contribution is -0.132. The van der Waals surface area contributed by atoms with Crippen LogP contribution in [0.25, 0.3) is 11.2 Å². The molecule has 142 valence electrons. The first-order valence-electron chi connectivity index (χ1n) is 8.50. The van der Waals surface area contributed by atoms with Crippen LogP contribution in [-0.2, 0) is 25.4 Å². The third kappa shape index (κ3) is 2.93. The highest BCUT2D eigenvalue weighted by Gasteiger charge is 2.24. The number of aromatic nitrogens is 5. The Bertz CT molecular complexity index is 1100. The second-order valence-corrected chi connectivity index (χ2v) is 7.31. The number of thiazole rings is 1. The fourth-order valence-corrected chi connectivity index (χ4v) is 3.98. The molecule has 1 aliphatic rings. The number of carbonyl (C=O) groups is 1. The lowest BCUT2D eigenvalue weighted by Crippen LogP contribution is -2.49. The molecule has 0 saturated carbocycles. The molecule has 1 fully saturated rings. The summed E-state index contributed by atoms with van der Waals surface area (Å²) in [6.07, 6.45) is 3.21. The van der Waals surface area contributed by atoms with Crippen LogP contribution < -0.4 is 16.1 Å². The molecule has 0 radical (unpaired) electrons. The third-order valence-electron chi connectivity index (χ3n) is 4.84. The molecule has 10 nitrogen and oxygen atoms in total. The molecule has 0 bridgehead atoms. The van der Waals surface area contributed by atoms with E-state index < -0.39 is 11.2 Å². The van der Waals surface area contributed by atoms with Crippen molar-refractivity contribution in [2.75, 3.05) is 31.1 Å². The topological polar surface area (TPSA) is 98.3 Å². The zero-order chi connectivity index (χ0) is 19.1. The molecule has 0 N–H and O–H groups in total. The maximum absolute atomic E-state index is 12.7. The van der Waals surface area contributed by atoms with E-state index in [1.807, 2.05) is 5.38 Å². The Morgan fingerprint density at radius 3 is 2.52 bits per heavy atom. The van der Waals surface area contributed by atoms with Crippen molar-refractivity contribution in [1.29, 1.82) is 0 Å².